The molecule has 0 radical (unpaired) electrons. The molecule has 2 rings (SSSR count). The molecule has 2 heteroatoms. The van der Waals surface area contributed by atoms with Gasteiger partial charge in [-0.25, -0.2) is 0 Å². The van der Waals surface area contributed by atoms with Gasteiger partial charge in [0.25, 0.3) is 0 Å². The van der Waals surface area contributed by atoms with Gasteiger partial charge in [0.05, 0.1) is 0 Å². The van der Waals surface area contributed by atoms with Crippen LogP contribution in [-0.2, 0) is 0 Å². The minimum atomic E-state index is 0.504. The molecule has 1 fully saturated rings. The molecule has 20 heavy (non-hydrogen) atoms. The molecule has 112 valence electrons. The molecule has 1 atom stereocenters. The third kappa shape index (κ3) is 5.26. The molecular formula is C18H30N2. The van der Waals surface area contributed by atoms with Crippen molar-refractivity contribution >= 4 is 0 Å². The Balaban J connectivity index is 1.81. The largest absolute Gasteiger partial charge is 0.309 e. The highest BCUT2D eigenvalue weighted by molar-refractivity contribution is 5.19. The Morgan fingerprint density at radius 2 is 2.00 bits per heavy atom. The second kappa shape index (κ2) is 8.43. The molecule has 0 bridgehead atoms. The van der Waals surface area contributed by atoms with E-state index in [4.69, 9.17) is 0 Å². The first kappa shape index (κ1) is 15.5. The predicted octanol–water partition coefficient (Wildman–Crippen LogP) is 3.85. The number of nitrogens with zero attached hydrogens (tertiary/aromatic N) is 1. The number of nitrogens with one attached hydrogen (secondary N) is 1. The van der Waals surface area contributed by atoms with Crippen molar-refractivity contribution in [1.82, 2.24) is 10.2 Å². The smallest absolute Gasteiger partial charge is 0.0449 e. The first-order chi connectivity index (χ1) is 9.75. The zero-order valence-electron chi connectivity index (χ0n) is 13.1. The maximum atomic E-state index is 3.69. The van der Waals surface area contributed by atoms with Gasteiger partial charge in [0.15, 0.2) is 0 Å². The van der Waals surface area contributed by atoms with E-state index in [1.165, 1.54) is 44.3 Å². The van der Waals surface area contributed by atoms with Gasteiger partial charge in [0, 0.05) is 12.6 Å². The maximum absolute atomic E-state index is 3.69. The summed E-state index contributed by atoms with van der Waals surface area (Å²) in [5.74, 6) is 0.845. The summed E-state index contributed by atoms with van der Waals surface area (Å²) in [6, 6.07) is 11.4. The molecule has 1 aromatic rings. The van der Waals surface area contributed by atoms with E-state index in [1.807, 2.05) is 0 Å². The van der Waals surface area contributed by atoms with E-state index in [0.717, 1.165) is 19.0 Å². The van der Waals surface area contributed by atoms with Crippen LogP contribution in [0.15, 0.2) is 30.3 Å². The highest BCUT2D eigenvalue weighted by Gasteiger charge is 2.18. The Bertz CT molecular complexity index is 361. The van der Waals surface area contributed by atoms with E-state index in [0.29, 0.717) is 6.04 Å². The van der Waals surface area contributed by atoms with Crippen molar-refractivity contribution in [2.24, 2.45) is 5.92 Å². The van der Waals surface area contributed by atoms with Crippen molar-refractivity contribution in [3.05, 3.63) is 35.9 Å². The highest BCUT2D eigenvalue weighted by Crippen LogP contribution is 2.17. The van der Waals surface area contributed by atoms with Crippen LogP contribution in [0.5, 0.6) is 0 Å². The van der Waals surface area contributed by atoms with Crippen LogP contribution in [0.3, 0.4) is 0 Å². The molecule has 2 nitrogen and oxygen atoms in total. The Hall–Kier alpha value is -0.860. The van der Waals surface area contributed by atoms with Gasteiger partial charge in [-0.3, -0.25) is 0 Å². The van der Waals surface area contributed by atoms with Crippen LogP contribution in [0.4, 0.5) is 0 Å². The fourth-order valence-corrected chi connectivity index (χ4v) is 2.99. The normalized spacial score (nSPS) is 21.1. The second-order valence-corrected chi connectivity index (χ2v) is 6.46. The van der Waals surface area contributed by atoms with Gasteiger partial charge in [-0.15, -0.1) is 0 Å². The topological polar surface area (TPSA) is 15.3 Å². The predicted molar refractivity (Wildman–Crippen MR) is 86.9 cm³/mol. The average Bonchev–Trinajstić information content (AvgIpc) is 2.70. The minimum Gasteiger partial charge on any atom is -0.309 e. The summed E-state index contributed by atoms with van der Waals surface area (Å²) in [7, 11) is 0. The molecule has 0 saturated carbocycles. The summed E-state index contributed by atoms with van der Waals surface area (Å²) in [5.41, 5.74) is 1.43. The summed E-state index contributed by atoms with van der Waals surface area (Å²) < 4.78 is 0. The molecule has 1 aliphatic heterocycles. The van der Waals surface area contributed by atoms with Crippen molar-refractivity contribution in [2.75, 3.05) is 26.2 Å². The molecule has 1 N–H and O–H groups in total. The van der Waals surface area contributed by atoms with Crippen LogP contribution >= 0.6 is 0 Å². The lowest BCUT2D eigenvalue weighted by atomic mass is 10.1. The van der Waals surface area contributed by atoms with E-state index >= 15 is 0 Å². The summed E-state index contributed by atoms with van der Waals surface area (Å²) in [6.45, 7) is 9.45. The van der Waals surface area contributed by atoms with Crippen molar-refractivity contribution < 1.29 is 0 Å². The molecule has 1 unspecified atom stereocenters. The molecule has 1 aromatic carbocycles. The van der Waals surface area contributed by atoms with Gasteiger partial charge in [0.2, 0.25) is 0 Å². The van der Waals surface area contributed by atoms with Crippen LogP contribution in [0, 0.1) is 5.92 Å². The van der Waals surface area contributed by atoms with E-state index in [9.17, 15) is 0 Å². The van der Waals surface area contributed by atoms with Gasteiger partial charge < -0.3 is 10.2 Å². The average molecular weight is 274 g/mol. The molecule has 1 aliphatic rings. The fraction of sp³-hybridized carbons (Fsp3) is 0.667. The quantitative estimate of drug-likeness (QED) is 0.793. The Kier molecular flexibility index (Phi) is 6.55. The zero-order chi connectivity index (χ0) is 14.2. The lowest BCUT2D eigenvalue weighted by Crippen LogP contribution is -2.32. The highest BCUT2D eigenvalue weighted by atomic mass is 15.2. The number of unbranched alkanes of at least 4 members (excludes halogenated alkanes) is 1. The number of rotatable bonds is 6. The summed E-state index contributed by atoms with van der Waals surface area (Å²) in [6.07, 6.45) is 5.36. The summed E-state index contributed by atoms with van der Waals surface area (Å²) in [4.78, 5) is 2.65. The first-order valence-corrected chi connectivity index (χ1v) is 8.26. The lowest BCUT2D eigenvalue weighted by molar-refractivity contribution is 0.261. The van der Waals surface area contributed by atoms with Crippen LogP contribution < -0.4 is 5.32 Å². The van der Waals surface area contributed by atoms with E-state index in [2.05, 4.69) is 54.4 Å². The maximum Gasteiger partial charge on any atom is 0.0449 e. The van der Waals surface area contributed by atoms with Crippen molar-refractivity contribution in [3.8, 4) is 0 Å². The molecule has 0 amide bonds. The Labute approximate surface area is 124 Å². The Morgan fingerprint density at radius 1 is 1.20 bits per heavy atom. The second-order valence-electron chi connectivity index (χ2n) is 6.46. The third-order valence-electron chi connectivity index (χ3n) is 4.19. The molecular weight excluding hydrogens is 244 g/mol. The monoisotopic (exact) mass is 274 g/mol. The fourth-order valence-electron chi connectivity index (χ4n) is 2.99. The van der Waals surface area contributed by atoms with Gasteiger partial charge in [-0.05, 0) is 44.0 Å². The number of hydrogen-bond acceptors (Lipinski definition) is 2. The van der Waals surface area contributed by atoms with Gasteiger partial charge >= 0.3 is 0 Å². The molecule has 0 aliphatic carbocycles. The van der Waals surface area contributed by atoms with Gasteiger partial charge in [0.1, 0.15) is 0 Å². The van der Waals surface area contributed by atoms with Crippen LogP contribution in [-0.4, -0.2) is 31.1 Å². The molecule has 1 saturated heterocycles. The van der Waals surface area contributed by atoms with Crippen molar-refractivity contribution in [2.45, 2.75) is 45.6 Å². The minimum absolute atomic E-state index is 0.504. The summed E-state index contributed by atoms with van der Waals surface area (Å²) in [5, 5.41) is 3.69. The standard InChI is InChI=1S/C18H30N2/c1-16(2)9-6-7-13-20-14-8-12-19-18(15-20)17-10-4-3-5-11-17/h3-5,10-11,16,18-19H,6-9,12-15H2,1-2H3. The SMILES string of the molecule is CC(C)CCCCN1CCCNC(c2ccccc2)C1. The first-order valence-electron chi connectivity index (χ1n) is 8.26. The van der Waals surface area contributed by atoms with Gasteiger partial charge in [-0.1, -0.05) is 57.0 Å². The van der Waals surface area contributed by atoms with Crippen molar-refractivity contribution in [3.63, 3.8) is 0 Å². The third-order valence-corrected chi connectivity index (χ3v) is 4.19. The van der Waals surface area contributed by atoms with Crippen LogP contribution in [0.1, 0.15) is 51.1 Å². The molecule has 0 aromatic heterocycles. The van der Waals surface area contributed by atoms with Crippen LogP contribution in [0.25, 0.3) is 0 Å². The number of hydrogen-bond donors (Lipinski definition) is 1. The summed E-state index contributed by atoms with van der Waals surface area (Å²) >= 11 is 0. The number of benzene rings is 1. The van der Waals surface area contributed by atoms with E-state index in [1.54, 1.807) is 0 Å². The van der Waals surface area contributed by atoms with E-state index in [-0.39, 0.29) is 0 Å². The molecule has 0 spiro atoms. The Morgan fingerprint density at radius 3 is 2.75 bits per heavy atom. The lowest BCUT2D eigenvalue weighted by Gasteiger charge is -2.24. The van der Waals surface area contributed by atoms with Crippen LogP contribution in [0.2, 0.25) is 0 Å². The van der Waals surface area contributed by atoms with E-state index < -0.39 is 0 Å². The van der Waals surface area contributed by atoms with Gasteiger partial charge in [-0.2, -0.15) is 0 Å². The molecule has 1 heterocycles. The zero-order valence-corrected chi connectivity index (χ0v) is 13.1. The van der Waals surface area contributed by atoms with Crippen molar-refractivity contribution in [1.29, 1.82) is 0 Å².